The molecule has 3 unspecified atom stereocenters. The minimum Gasteiger partial charge on any atom is -0.456 e. The molecule has 7 heteroatoms. The summed E-state index contributed by atoms with van der Waals surface area (Å²) in [6, 6.07) is 0. The normalized spacial score (nSPS) is 26.6. The molecule has 1 N–H and O–H groups in total. The van der Waals surface area contributed by atoms with Gasteiger partial charge in [0, 0.05) is 28.9 Å². The van der Waals surface area contributed by atoms with Crippen molar-refractivity contribution in [2.75, 3.05) is 19.3 Å². The summed E-state index contributed by atoms with van der Waals surface area (Å²) in [5.41, 5.74) is 0. The van der Waals surface area contributed by atoms with Crippen molar-refractivity contribution in [1.29, 1.82) is 0 Å². The number of rotatable bonds is 6. The highest BCUT2D eigenvalue weighted by Crippen LogP contribution is 2.30. The molecule has 0 aromatic heterocycles. The summed E-state index contributed by atoms with van der Waals surface area (Å²) >= 11 is 0. The fraction of sp³-hybridized carbons (Fsp3) is 0.900. The van der Waals surface area contributed by atoms with Gasteiger partial charge in [-0.2, -0.15) is 8.78 Å². The maximum Gasteiger partial charge on any atom is 0.377 e. The third kappa shape index (κ3) is 4.31. The molecule has 0 amide bonds. The van der Waals surface area contributed by atoms with Crippen LogP contribution in [0.5, 0.6) is 0 Å². The van der Waals surface area contributed by atoms with E-state index < -0.39 is 35.2 Å². The molecule has 4 nitrogen and oxygen atoms in total. The van der Waals surface area contributed by atoms with Crippen LogP contribution in [-0.2, 0) is 20.3 Å². The fourth-order valence-corrected chi connectivity index (χ4v) is 1.95. The smallest absolute Gasteiger partial charge is 0.377 e. The first-order valence-corrected chi connectivity index (χ1v) is 7.07. The van der Waals surface area contributed by atoms with E-state index in [4.69, 9.17) is 0 Å². The average molecular weight is 269 g/mol. The van der Waals surface area contributed by atoms with E-state index in [1.807, 2.05) is 6.92 Å². The van der Waals surface area contributed by atoms with Crippen molar-refractivity contribution in [3.05, 3.63) is 0 Å². The SMILES string of the molecule is CC(CCNCC1CC(F)(F)C(=O)O1)S(C)=O. The number of ether oxygens (including phenoxy) is 1. The van der Waals surface area contributed by atoms with E-state index in [9.17, 15) is 17.8 Å². The lowest BCUT2D eigenvalue weighted by molar-refractivity contribution is -0.159. The summed E-state index contributed by atoms with van der Waals surface area (Å²) in [7, 11) is -0.879. The molecule has 1 fully saturated rings. The van der Waals surface area contributed by atoms with Gasteiger partial charge in [0.05, 0.1) is 6.42 Å². The summed E-state index contributed by atoms with van der Waals surface area (Å²) < 4.78 is 41.1. The van der Waals surface area contributed by atoms with Gasteiger partial charge in [0.15, 0.2) is 0 Å². The number of hydrogen-bond acceptors (Lipinski definition) is 4. The Labute approximate surface area is 102 Å². The number of carbonyl (C=O) groups is 1. The van der Waals surface area contributed by atoms with Gasteiger partial charge >= 0.3 is 11.9 Å². The second-order valence-electron chi connectivity index (χ2n) is 4.24. The predicted molar refractivity (Wildman–Crippen MR) is 60.5 cm³/mol. The Balaban J connectivity index is 2.17. The van der Waals surface area contributed by atoms with Crippen LogP contribution in [0.4, 0.5) is 8.78 Å². The minimum absolute atomic E-state index is 0.0649. The van der Waals surface area contributed by atoms with Crippen LogP contribution in [0.3, 0.4) is 0 Å². The first-order valence-electron chi connectivity index (χ1n) is 5.45. The third-order valence-corrected chi connectivity index (χ3v) is 4.09. The predicted octanol–water partition coefficient (Wildman–Crippen LogP) is 0.684. The largest absolute Gasteiger partial charge is 0.456 e. The van der Waals surface area contributed by atoms with Crippen molar-refractivity contribution in [3.63, 3.8) is 0 Å². The van der Waals surface area contributed by atoms with E-state index in [0.717, 1.165) is 0 Å². The molecule has 0 spiro atoms. The van der Waals surface area contributed by atoms with Gasteiger partial charge < -0.3 is 10.1 Å². The lowest BCUT2D eigenvalue weighted by Crippen LogP contribution is -2.29. The molecule has 0 radical (unpaired) electrons. The first kappa shape index (κ1) is 14.5. The summed E-state index contributed by atoms with van der Waals surface area (Å²) in [5, 5.41) is 2.99. The number of alkyl halides is 2. The van der Waals surface area contributed by atoms with Gasteiger partial charge in [0.2, 0.25) is 0 Å². The minimum atomic E-state index is -3.34. The van der Waals surface area contributed by atoms with Crippen LogP contribution in [0.2, 0.25) is 0 Å². The molecule has 17 heavy (non-hydrogen) atoms. The Morgan fingerprint density at radius 2 is 2.29 bits per heavy atom. The maximum absolute atomic E-state index is 12.8. The first-order chi connectivity index (χ1) is 7.83. The number of cyclic esters (lactones) is 1. The zero-order chi connectivity index (χ0) is 13.1. The summed E-state index contributed by atoms with van der Waals surface area (Å²) in [6.07, 6.45) is 0.998. The number of carbonyl (C=O) groups excluding carboxylic acids is 1. The molecular weight excluding hydrogens is 252 g/mol. The topological polar surface area (TPSA) is 55.4 Å². The quantitative estimate of drug-likeness (QED) is 0.569. The Bertz CT molecular complexity index is 312. The molecule has 0 saturated carbocycles. The Kier molecular flexibility index (Phi) is 5.00. The molecule has 0 aromatic rings. The molecular formula is C10H17F2NO3S. The zero-order valence-electron chi connectivity index (χ0n) is 9.87. The van der Waals surface area contributed by atoms with Crippen molar-refractivity contribution in [2.24, 2.45) is 0 Å². The van der Waals surface area contributed by atoms with Crippen LogP contribution in [0.1, 0.15) is 19.8 Å². The van der Waals surface area contributed by atoms with Crippen molar-refractivity contribution >= 4 is 16.8 Å². The summed E-state index contributed by atoms with van der Waals surface area (Å²) in [5.74, 6) is -4.78. The number of nitrogens with one attached hydrogen (secondary N) is 1. The van der Waals surface area contributed by atoms with E-state index in [-0.39, 0.29) is 11.8 Å². The van der Waals surface area contributed by atoms with Gasteiger partial charge in [0.25, 0.3) is 0 Å². The molecule has 1 aliphatic rings. The van der Waals surface area contributed by atoms with E-state index in [0.29, 0.717) is 13.0 Å². The van der Waals surface area contributed by atoms with Crippen LogP contribution in [-0.4, -0.2) is 46.8 Å². The fourth-order valence-electron chi connectivity index (χ4n) is 1.50. The van der Waals surface area contributed by atoms with Crippen LogP contribution in [0.25, 0.3) is 0 Å². The zero-order valence-corrected chi connectivity index (χ0v) is 10.7. The average Bonchev–Trinajstić information content (AvgIpc) is 2.47. The lowest BCUT2D eigenvalue weighted by atomic mass is 10.2. The second-order valence-corrected chi connectivity index (χ2v) is 6.04. The summed E-state index contributed by atoms with van der Waals surface area (Å²) in [4.78, 5) is 10.7. The highest BCUT2D eigenvalue weighted by molar-refractivity contribution is 7.84. The van der Waals surface area contributed by atoms with Gasteiger partial charge in [-0.1, -0.05) is 6.92 Å². The Morgan fingerprint density at radius 3 is 2.76 bits per heavy atom. The Morgan fingerprint density at radius 1 is 1.65 bits per heavy atom. The number of halogens is 2. The van der Waals surface area contributed by atoms with Crippen LogP contribution in [0.15, 0.2) is 0 Å². The monoisotopic (exact) mass is 269 g/mol. The van der Waals surface area contributed by atoms with Crippen molar-refractivity contribution in [1.82, 2.24) is 5.32 Å². The molecule has 100 valence electrons. The molecule has 1 saturated heterocycles. The lowest BCUT2D eigenvalue weighted by Gasteiger charge is -2.12. The molecule has 0 aliphatic carbocycles. The molecule has 0 aromatic carbocycles. The van der Waals surface area contributed by atoms with Crippen LogP contribution in [0, 0.1) is 0 Å². The van der Waals surface area contributed by atoms with E-state index >= 15 is 0 Å². The van der Waals surface area contributed by atoms with Crippen LogP contribution >= 0.6 is 0 Å². The van der Waals surface area contributed by atoms with E-state index in [1.54, 1.807) is 6.26 Å². The molecule has 0 bridgehead atoms. The highest BCUT2D eigenvalue weighted by Gasteiger charge is 2.50. The van der Waals surface area contributed by atoms with Gasteiger partial charge in [-0.05, 0) is 13.0 Å². The molecule has 1 heterocycles. The Hall–Kier alpha value is -0.560. The molecule has 1 aliphatic heterocycles. The van der Waals surface area contributed by atoms with Gasteiger partial charge in [-0.3, -0.25) is 4.21 Å². The van der Waals surface area contributed by atoms with Gasteiger partial charge in [-0.15, -0.1) is 0 Å². The van der Waals surface area contributed by atoms with Crippen molar-refractivity contribution in [3.8, 4) is 0 Å². The van der Waals surface area contributed by atoms with Gasteiger partial charge in [-0.25, -0.2) is 4.79 Å². The van der Waals surface area contributed by atoms with Crippen molar-refractivity contribution in [2.45, 2.75) is 37.0 Å². The number of esters is 1. The van der Waals surface area contributed by atoms with Gasteiger partial charge in [0.1, 0.15) is 6.10 Å². The third-order valence-electron chi connectivity index (χ3n) is 2.72. The van der Waals surface area contributed by atoms with E-state index in [2.05, 4.69) is 10.1 Å². The summed E-state index contributed by atoms with van der Waals surface area (Å²) in [6.45, 7) is 2.65. The second kappa shape index (κ2) is 5.86. The van der Waals surface area contributed by atoms with E-state index in [1.165, 1.54) is 0 Å². The maximum atomic E-state index is 12.8. The highest BCUT2D eigenvalue weighted by atomic mass is 32.2. The standard InChI is InChI=1S/C10H17F2NO3S/c1-7(17(2)15)3-4-13-6-8-5-10(11,12)9(14)16-8/h7-8,13H,3-6H2,1-2H3. The van der Waals surface area contributed by atoms with Crippen LogP contribution < -0.4 is 5.32 Å². The molecule has 1 rings (SSSR count). The number of hydrogen-bond donors (Lipinski definition) is 1. The molecule has 3 atom stereocenters. The van der Waals surface area contributed by atoms with Crippen molar-refractivity contribution < 1.29 is 22.5 Å².